The van der Waals surface area contributed by atoms with E-state index in [0.717, 1.165) is 6.04 Å². The second kappa shape index (κ2) is 4.11. The minimum atomic E-state index is -2.24. The van der Waals surface area contributed by atoms with Crippen LogP contribution in [-0.4, -0.2) is 18.9 Å². The van der Waals surface area contributed by atoms with Gasteiger partial charge < -0.3 is 9.59 Å². The van der Waals surface area contributed by atoms with Crippen LogP contribution in [0.5, 0.6) is 0 Å². The zero-order chi connectivity index (χ0) is 7.40. The lowest BCUT2D eigenvalue weighted by Crippen LogP contribution is -2.18. The van der Waals surface area contributed by atoms with Crippen LogP contribution in [0.1, 0.15) is 32.1 Å². The summed E-state index contributed by atoms with van der Waals surface area (Å²) >= 11 is 0. The summed E-state index contributed by atoms with van der Waals surface area (Å²) in [5, 5.41) is 0. The Morgan fingerprint density at radius 3 is 2.20 bits per heavy atom. The van der Waals surface area contributed by atoms with E-state index in [4.69, 9.17) is 9.59 Å². The average Bonchev–Trinajstić information content (AvgIpc) is 1.88. The van der Waals surface area contributed by atoms with Crippen molar-refractivity contribution in [3.05, 3.63) is 0 Å². The molecule has 0 bridgehead atoms. The molecule has 1 saturated carbocycles. The summed E-state index contributed by atoms with van der Waals surface area (Å²) in [5.41, 5.74) is 0. The van der Waals surface area contributed by atoms with Gasteiger partial charge in [0.2, 0.25) is 0 Å². The summed E-state index contributed by atoms with van der Waals surface area (Å²) in [6.45, 7) is 0. The predicted molar refractivity (Wildman–Crippen MR) is 43.0 cm³/mol. The third-order valence-corrected chi connectivity index (χ3v) is 3.36. The first kappa shape index (κ1) is 8.24. The van der Waals surface area contributed by atoms with Crippen molar-refractivity contribution in [3.8, 4) is 0 Å². The third kappa shape index (κ3) is 2.81. The first-order valence-electron chi connectivity index (χ1n) is 4.15. The molecule has 0 aromatic rings. The van der Waals surface area contributed by atoms with Gasteiger partial charge in [-0.05, 0) is 12.0 Å². The highest BCUT2D eigenvalue weighted by Crippen LogP contribution is 2.26. The van der Waals surface area contributed by atoms with Crippen molar-refractivity contribution in [3.63, 3.8) is 0 Å². The Bertz CT molecular complexity index is 89.6. The summed E-state index contributed by atoms with van der Waals surface area (Å²) in [6, 6.07) is 0.722. The fourth-order valence-electron chi connectivity index (χ4n) is 1.72. The maximum Gasteiger partial charge on any atom is 0.316 e. The van der Waals surface area contributed by atoms with Gasteiger partial charge in [-0.25, -0.2) is 0 Å². The van der Waals surface area contributed by atoms with Crippen LogP contribution in [0.2, 0.25) is 6.04 Å². The van der Waals surface area contributed by atoms with Crippen LogP contribution < -0.4 is 0 Å². The van der Waals surface area contributed by atoms with E-state index in [9.17, 15) is 0 Å². The first-order valence-corrected chi connectivity index (χ1v) is 6.00. The normalized spacial score (nSPS) is 21.9. The van der Waals surface area contributed by atoms with Crippen molar-refractivity contribution >= 4 is 9.28 Å². The van der Waals surface area contributed by atoms with E-state index in [1.165, 1.54) is 32.1 Å². The molecule has 0 atom stereocenters. The zero-order valence-corrected chi connectivity index (χ0v) is 7.45. The van der Waals surface area contributed by atoms with Crippen molar-refractivity contribution in [2.45, 2.75) is 38.1 Å². The molecule has 0 radical (unpaired) electrons. The highest BCUT2D eigenvalue weighted by molar-refractivity contribution is 6.41. The zero-order valence-electron chi connectivity index (χ0n) is 6.29. The number of hydrogen-bond acceptors (Lipinski definition) is 2. The molecule has 0 unspecified atom stereocenters. The first-order chi connectivity index (χ1) is 4.79. The minimum Gasteiger partial charge on any atom is -0.413 e. The predicted octanol–water partition coefficient (Wildman–Crippen LogP) is 0.772. The van der Waals surface area contributed by atoms with Crippen molar-refractivity contribution in [2.24, 2.45) is 5.92 Å². The van der Waals surface area contributed by atoms with E-state index < -0.39 is 9.28 Å². The van der Waals surface area contributed by atoms with Gasteiger partial charge in [0, 0.05) is 0 Å². The molecule has 2 N–H and O–H groups in total. The van der Waals surface area contributed by atoms with Crippen molar-refractivity contribution in [2.75, 3.05) is 0 Å². The Labute approximate surface area is 63.7 Å². The van der Waals surface area contributed by atoms with Crippen molar-refractivity contribution < 1.29 is 9.59 Å². The molecule has 60 valence electrons. The lowest BCUT2D eigenvalue weighted by Gasteiger charge is -2.21. The van der Waals surface area contributed by atoms with Crippen molar-refractivity contribution in [1.29, 1.82) is 0 Å². The standard InChI is InChI=1S/C7H16O2Si/c8-10(9)6-7-4-2-1-3-5-7/h7-10H,1-6H2. The lowest BCUT2D eigenvalue weighted by molar-refractivity contribution is 0.338. The maximum atomic E-state index is 8.80. The van der Waals surface area contributed by atoms with Crippen LogP contribution >= 0.6 is 0 Å². The second-order valence-electron chi connectivity index (χ2n) is 3.22. The molecular weight excluding hydrogens is 144 g/mol. The van der Waals surface area contributed by atoms with Gasteiger partial charge in [0.05, 0.1) is 0 Å². The molecule has 0 heterocycles. The number of rotatable bonds is 2. The van der Waals surface area contributed by atoms with Gasteiger partial charge >= 0.3 is 9.28 Å². The highest BCUT2D eigenvalue weighted by atomic mass is 28.3. The average molecular weight is 160 g/mol. The van der Waals surface area contributed by atoms with E-state index in [1.54, 1.807) is 0 Å². The Morgan fingerprint density at radius 1 is 1.10 bits per heavy atom. The smallest absolute Gasteiger partial charge is 0.316 e. The van der Waals surface area contributed by atoms with Crippen LogP contribution in [0.4, 0.5) is 0 Å². The molecule has 1 fully saturated rings. The molecule has 0 saturated heterocycles. The van der Waals surface area contributed by atoms with Crippen LogP contribution in [-0.2, 0) is 0 Å². The monoisotopic (exact) mass is 160 g/mol. The van der Waals surface area contributed by atoms with Crippen molar-refractivity contribution in [1.82, 2.24) is 0 Å². The van der Waals surface area contributed by atoms with Gasteiger partial charge in [0.15, 0.2) is 0 Å². The quantitative estimate of drug-likeness (QED) is 0.586. The molecule has 10 heavy (non-hydrogen) atoms. The fourth-order valence-corrected chi connectivity index (χ4v) is 2.79. The van der Waals surface area contributed by atoms with E-state index in [0.29, 0.717) is 5.92 Å². The van der Waals surface area contributed by atoms with Gasteiger partial charge in [-0.15, -0.1) is 0 Å². The SMILES string of the molecule is O[SiH](O)CC1CCCCC1. The summed E-state index contributed by atoms with van der Waals surface area (Å²) in [4.78, 5) is 17.6. The summed E-state index contributed by atoms with van der Waals surface area (Å²) < 4.78 is 0. The van der Waals surface area contributed by atoms with E-state index in [1.807, 2.05) is 0 Å². The molecule has 0 aromatic heterocycles. The minimum absolute atomic E-state index is 0.639. The van der Waals surface area contributed by atoms with Crippen LogP contribution in [0, 0.1) is 5.92 Å². The molecule has 1 aliphatic rings. The summed E-state index contributed by atoms with van der Waals surface area (Å²) in [6.07, 6.45) is 6.40. The molecule has 0 spiro atoms. The van der Waals surface area contributed by atoms with Gasteiger partial charge in [0.25, 0.3) is 0 Å². The highest BCUT2D eigenvalue weighted by Gasteiger charge is 2.16. The molecular formula is C7H16O2Si. The molecule has 0 aliphatic heterocycles. The molecule has 1 aliphatic carbocycles. The van der Waals surface area contributed by atoms with E-state index >= 15 is 0 Å². The maximum absolute atomic E-state index is 8.80. The molecule has 1 rings (SSSR count). The number of hydrogen-bond donors (Lipinski definition) is 2. The molecule has 3 heteroatoms. The van der Waals surface area contributed by atoms with Gasteiger partial charge in [-0.3, -0.25) is 0 Å². The largest absolute Gasteiger partial charge is 0.413 e. The molecule has 0 amide bonds. The van der Waals surface area contributed by atoms with Crippen LogP contribution in [0.3, 0.4) is 0 Å². The summed E-state index contributed by atoms with van der Waals surface area (Å²) in [7, 11) is -2.24. The van der Waals surface area contributed by atoms with Gasteiger partial charge in [-0.2, -0.15) is 0 Å². The van der Waals surface area contributed by atoms with Gasteiger partial charge in [-0.1, -0.05) is 32.1 Å². The second-order valence-corrected chi connectivity index (χ2v) is 4.65. The molecule has 2 nitrogen and oxygen atoms in total. The van der Waals surface area contributed by atoms with E-state index in [2.05, 4.69) is 0 Å². The Kier molecular flexibility index (Phi) is 3.38. The van der Waals surface area contributed by atoms with E-state index in [-0.39, 0.29) is 0 Å². The fraction of sp³-hybridized carbons (Fsp3) is 1.00. The Morgan fingerprint density at radius 2 is 1.70 bits per heavy atom. The Balaban J connectivity index is 2.13. The lowest BCUT2D eigenvalue weighted by atomic mass is 9.91. The summed E-state index contributed by atoms with van der Waals surface area (Å²) in [5.74, 6) is 0.639. The third-order valence-electron chi connectivity index (χ3n) is 2.27. The Hall–Kier alpha value is 0.137. The van der Waals surface area contributed by atoms with Gasteiger partial charge in [0.1, 0.15) is 0 Å². The van der Waals surface area contributed by atoms with Crippen LogP contribution in [0.25, 0.3) is 0 Å². The van der Waals surface area contributed by atoms with Crippen LogP contribution in [0.15, 0.2) is 0 Å². The topological polar surface area (TPSA) is 40.5 Å². The molecule has 0 aromatic carbocycles.